The van der Waals surface area contributed by atoms with Gasteiger partial charge in [-0.05, 0) is 50.6 Å². The summed E-state index contributed by atoms with van der Waals surface area (Å²) in [5, 5.41) is 14.3. The fourth-order valence-electron chi connectivity index (χ4n) is 5.01. The Kier molecular flexibility index (Phi) is 6.56. The van der Waals surface area contributed by atoms with E-state index in [2.05, 4.69) is 9.88 Å². The number of nitrogens with zero attached hydrogens (tertiary/aromatic N) is 3. The lowest BCUT2D eigenvalue weighted by Crippen LogP contribution is -2.52. The van der Waals surface area contributed by atoms with Gasteiger partial charge in [0.05, 0.1) is 12.1 Å². The zero-order chi connectivity index (χ0) is 26.2. The predicted octanol–water partition coefficient (Wildman–Crippen LogP) is 5.42. The molecule has 1 aromatic heterocycles. The number of halogens is 1. The average molecular weight is 499 g/mol. The number of benzene rings is 3. The van der Waals surface area contributed by atoms with Crippen LogP contribution in [-0.2, 0) is 23.3 Å². The van der Waals surface area contributed by atoms with Crippen molar-refractivity contribution in [2.45, 2.75) is 45.4 Å². The van der Waals surface area contributed by atoms with Crippen molar-refractivity contribution in [3.05, 3.63) is 102 Å². The second-order valence-electron chi connectivity index (χ2n) is 10.3. The minimum atomic E-state index is -1.15. The molecule has 0 saturated carbocycles. The molecule has 3 aromatic carbocycles. The largest absolute Gasteiger partial charge is 0.383 e. The van der Waals surface area contributed by atoms with Gasteiger partial charge in [0.15, 0.2) is 0 Å². The first-order valence-electron chi connectivity index (χ1n) is 12.4. The summed E-state index contributed by atoms with van der Waals surface area (Å²) in [6.45, 7) is 6.75. The fraction of sp³-hybridized carbons (Fsp3) is 0.267. The number of hydrogen-bond donors (Lipinski definition) is 2. The number of fused-ring (bicyclic) bond motifs is 1. The van der Waals surface area contributed by atoms with Gasteiger partial charge >= 0.3 is 0 Å². The summed E-state index contributed by atoms with van der Waals surface area (Å²) in [6.07, 6.45) is -0.896. The number of carbonyl (C=O) groups excluding carboxylic acids is 1. The molecule has 0 saturated heterocycles. The highest BCUT2D eigenvalue weighted by Crippen LogP contribution is 2.39. The molecule has 2 N–H and O–H groups in total. The van der Waals surface area contributed by atoms with E-state index in [1.54, 1.807) is 11.0 Å². The first-order valence-corrected chi connectivity index (χ1v) is 12.4. The molecular formula is C30H31FN4O2. The van der Waals surface area contributed by atoms with Gasteiger partial charge in [0, 0.05) is 24.2 Å². The summed E-state index contributed by atoms with van der Waals surface area (Å²) in [5.74, 6) is 0.744. The number of aliphatic hydroxyl groups excluding tert-OH is 1. The number of rotatable bonds is 6. The molecule has 4 aromatic rings. The maximum Gasteiger partial charge on any atom is 0.252 e. The summed E-state index contributed by atoms with van der Waals surface area (Å²) in [7, 11) is 0. The van der Waals surface area contributed by atoms with E-state index < -0.39 is 11.6 Å². The number of aliphatic hydroxyl groups is 1. The molecule has 0 fully saturated rings. The first kappa shape index (κ1) is 24.7. The van der Waals surface area contributed by atoms with E-state index >= 15 is 0 Å². The highest BCUT2D eigenvalue weighted by atomic mass is 19.1. The second kappa shape index (κ2) is 9.82. The highest BCUT2D eigenvalue weighted by Gasteiger charge is 2.39. The van der Waals surface area contributed by atoms with Crippen molar-refractivity contribution in [2.75, 3.05) is 11.9 Å². The molecule has 1 aliphatic heterocycles. The van der Waals surface area contributed by atoms with E-state index in [9.17, 15) is 14.3 Å². The number of imidazole rings is 1. The topological polar surface area (TPSA) is 70.4 Å². The van der Waals surface area contributed by atoms with Crippen LogP contribution in [0.3, 0.4) is 0 Å². The highest BCUT2D eigenvalue weighted by molar-refractivity contribution is 5.82. The summed E-state index contributed by atoms with van der Waals surface area (Å²) < 4.78 is 16.3. The molecule has 0 spiro atoms. The molecule has 2 heterocycles. The lowest BCUT2D eigenvalue weighted by Gasteiger charge is -2.41. The van der Waals surface area contributed by atoms with Crippen LogP contribution in [0.4, 0.5) is 15.9 Å². The van der Waals surface area contributed by atoms with Gasteiger partial charge < -0.3 is 19.9 Å². The van der Waals surface area contributed by atoms with Crippen molar-refractivity contribution < 1.29 is 14.3 Å². The van der Waals surface area contributed by atoms with Crippen LogP contribution in [0.5, 0.6) is 0 Å². The molecule has 5 rings (SSSR count). The Morgan fingerprint density at radius 3 is 2.51 bits per heavy atom. The Hall–Kier alpha value is -3.97. The Morgan fingerprint density at radius 2 is 1.81 bits per heavy atom. The molecule has 190 valence electrons. The minimum Gasteiger partial charge on any atom is -0.383 e. The van der Waals surface area contributed by atoms with Crippen molar-refractivity contribution in [1.29, 1.82) is 0 Å². The number of carbonyl (C=O) groups is 1. The number of hydrogen-bond acceptors (Lipinski definition) is 4. The number of aryl methyl sites for hydroxylation is 1. The number of amides is 1. The lowest BCUT2D eigenvalue weighted by molar-refractivity contribution is -0.143. The maximum atomic E-state index is 14.2. The molecule has 1 amide bonds. The third-order valence-electron chi connectivity index (χ3n) is 6.74. The average Bonchev–Trinajstić information content (AvgIpc) is 3.24. The second-order valence-corrected chi connectivity index (χ2v) is 10.3. The van der Waals surface area contributed by atoms with Crippen molar-refractivity contribution in [2.24, 2.45) is 0 Å². The monoisotopic (exact) mass is 498 g/mol. The van der Waals surface area contributed by atoms with Gasteiger partial charge in [0.2, 0.25) is 0 Å². The normalized spacial score (nSPS) is 15.2. The van der Waals surface area contributed by atoms with Gasteiger partial charge in [-0.3, -0.25) is 4.79 Å². The SMILES string of the molecule is Cc1ccc(Nc2c(-c3cccc(F)c3)nc3n2C(C)(C)CN(C(=O)[C@@H](O)Cc2ccccc2)C3)cc1. The van der Waals surface area contributed by atoms with Gasteiger partial charge in [-0.2, -0.15) is 0 Å². The molecule has 0 bridgehead atoms. The van der Waals surface area contributed by atoms with Crippen molar-refractivity contribution in [1.82, 2.24) is 14.5 Å². The maximum absolute atomic E-state index is 14.2. The van der Waals surface area contributed by atoms with Gasteiger partial charge in [-0.1, -0.05) is 60.2 Å². The van der Waals surface area contributed by atoms with E-state index in [1.165, 1.54) is 12.1 Å². The van der Waals surface area contributed by atoms with Gasteiger partial charge in [-0.25, -0.2) is 9.37 Å². The zero-order valence-corrected chi connectivity index (χ0v) is 21.3. The summed E-state index contributed by atoms with van der Waals surface area (Å²) in [6, 6.07) is 23.9. The molecule has 0 radical (unpaired) electrons. The minimum absolute atomic E-state index is 0.242. The molecule has 6 nitrogen and oxygen atoms in total. The standard InChI is InChI=1S/C30H31FN4O2/c1-20-12-14-24(15-13-20)32-28-27(22-10-7-11-23(31)17-22)33-26-18-34(19-30(2,3)35(26)28)29(37)25(36)16-21-8-5-4-6-9-21/h4-15,17,25,32,36H,16,18-19H2,1-3H3/t25-/m0/s1. The molecule has 1 atom stereocenters. The van der Waals surface area contributed by atoms with Crippen LogP contribution < -0.4 is 5.32 Å². The Morgan fingerprint density at radius 1 is 1.08 bits per heavy atom. The fourth-order valence-corrected chi connectivity index (χ4v) is 5.01. The third-order valence-corrected chi connectivity index (χ3v) is 6.74. The van der Waals surface area contributed by atoms with Crippen LogP contribution in [0.25, 0.3) is 11.3 Å². The van der Waals surface area contributed by atoms with E-state index in [4.69, 9.17) is 4.98 Å². The van der Waals surface area contributed by atoms with Crippen molar-refractivity contribution >= 4 is 17.4 Å². The quantitative estimate of drug-likeness (QED) is 0.372. The predicted molar refractivity (Wildman–Crippen MR) is 143 cm³/mol. The smallest absolute Gasteiger partial charge is 0.252 e. The van der Waals surface area contributed by atoms with Crippen LogP contribution in [-0.4, -0.2) is 38.1 Å². The van der Waals surface area contributed by atoms with Gasteiger partial charge in [-0.15, -0.1) is 0 Å². The van der Waals surface area contributed by atoms with Gasteiger partial charge in [0.25, 0.3) is 5.91 Å². The summed E-state index contributed by atoms with van der Waals surface area (Å²) in [5.41, 5.74) is 3.66. The molecule has 0 aliphatic carbocycles. The number of aromatic nitrogens is 2. The first-order chi connectivity index (χ1) is 17.7. The number of anilines is 2. The van der Waals surface area contributed by atoms with Crippen LogP contribution in [0.2, 0.25) is 0 Å². The van der Waals surface area contributed by atoms with E-state index in [0.717, 1.165) is 22.6 Å². The van der Waals surface area contributed by atoms with Crippen molar-refractivity contribution in [3.8, 4) is 11.3 Å². The molecule has 37 heavy (non-hydrogen) atoms. The Bertz CT molecular complexity index is 1410. The number of nitrogens with one attached hydrogen (secondary N) is 1. The van der Waals surface area contributed by atoms with Crippen LogP contribution in [0, 0.1) is 12.7 Å². The Balaban J connectivity index is 1.52. The summed E-state index contributed by atoms with van der Waals surface area (Å²) >= 11 is 0. The third kappa shape index (κ3) is 5.13. The van der Waals surface area contributed by atoms with Crippen LogP contribution in [0.15, 0.2) is 78.9 Å². The van der Waals surface area contributed by atoms with E-state index in [-0.39, 0.29) is 24.7 Å². The van der Waals surface area contributed by atoms with E-state index in [1.807, 2.05) is 81.4 Å². The Labute approximate surface area is 216 Å². The molecular weight excluding hydrogens is 467 g/mol. The van der Waals surface area contributed by atoms with Gasteiger partial charge in [0.1, 0.15) is 29.3 Å². The molecule has 1 aliphatic rings. The molecule has 0 unspecified atom stereocenters. The van der Waals surface area contributed by atoms with Crippen LogP contribution >= 0.6 is 0 Å². The lowest BCUT2D eigenvalue weighted by atomic mass is 9.99. The van der Waals surface area contributed by atoms with Crippen molar-refractivity contribution in [3.63, 3.8) is 0 Å². The van der Waals surface area contributed by atoms with E-state index in [0.29, 0.717) is 23.6 Å². The summed E-state index contributed by atoms with van der Waals surface area (Å²) in [4.78, 5) is 19.9. The van der Waals surface area contributed by atoms with Crippen LogP contribution in [0.1, 0.15) is 30.8 Å². The molecule has 7 heteroatoms. The zero-order valence-electron chi connectivity index (χ0n) is 21.3.